The molecule has 1 aliphatic heterocycles. The molecule has 1 aliphatic rings. The number of rotatable bonds is 3. The second-order valence-corrected chi connectivity index (χ2v) is 5.89. The summed E-state index contributed by atoms with van der Waals surface area (Å²) in [5.74, 6) is -1.06. The van der Waals surface area contributed by atoms with E-state index in [0.29, 0.717) is 6.42 Å². The third-order valence-electron chi connectivity index (χ3n) is 2.67. The zero-order chi connectivity index (χ0) is 11.7. The van der Waals surface area contributed by atoms with Gasteiger partial charge in [0.1, 0.15) is 0 Å². The highest BCUT2D eigenvalue weighted by Crippen LogP contribution is 2.31. The molecular formula is C8H13N3O3S. The molecule has 0 saturated carbocycles. The Morgan fingerprint density at radius 1 is 1.67 bits per heavy atom. The van der Waals surface area contributed by atoms with Crippen LogP contribution < -0.4 is 5.73 Å². The van der Waals surface area contributed by atoms with Gasteiger partial charge in [-0.2, -0.15) is 9.57 Å². The predicted octanol–water partition coefficient (Wildman–Crippen LogP) is -0.963. The maximum atomic E-state index is 11.5. The lowest BCUT2D eigenvalue weighted by atomic mass is 9.89. The van der Waals surface area contributed by atoms with Crippen molar-refractivity contribution in [1.29, 1.82) is 5.26 Å². The fraction of sp³-hybridized carbons (Fsp3) is 0.750. The topological polar surface area (TPSA) is 104 Å². The largest absolute Gasteiger partial charge is 0.369 e. The Hall–Kier alpha value is -1.13. The van der Waals surface area contributed by atoms with E-state index in [1.165, 1.54) is 0 Å². The molecule has 0 aliphatic carbocycles. The SMILES string of the molecule is CC1(C(N)=O)CCN(S(=O)(=O)CC#N)C1. The Morgan fingerprint density at radius 2 is 2.27 bits per heavy atom. The Bertz CT molecular complexity index is 411. The van der Waals surface area contributed by atoms with Gasteiger partial charge in [-0.25, -0.2) is 8.42 Å². The molecule has 0 spiro atoms. The molecule has 1 rings (SSSR count). The Balaban J connectivity index is 2.82. The van der Waals surface area contributed by atoms with Gasteiger partial charge in [0.15, 0.2) is 5.75 Å². The van der Waals surface area contributed by atoms with E-state index in [2.05, 4.69) is 0 Å². The summed E-state index contributed by atoms with van der Waals surface area (Å²) >= 11 is 0. The monoisotopic (exact) mass is 231 g/mol. The minimum absolute atomic E-state index is 0.0757. The molecular weight excluding hydrogens is 218 g/mol. The average molecular weight is 231 g/mol. The summed E-state index contributed by atoms with van der Waals surface area (Å²) in [6, 6.07) is 1.60. The molecule has 1 heterocycles. The van der Waals surface area contributed by atoms with Gasteiger partial charge in [-0.1, -0.05) is 0 Å². The number of nitrogens with zero attached hydrogens (tertiary/aromatic N) is 2. The van der Waals surface area contributed by atoms with Crippen LogP contribution in [0.25, 0.3) is 0 Å². The van der Waals surface area contributed by atoms with Gasteiger partial charge in [0.05, 0.1) is 11.5 Å². The van der Waals surface area contributed by atoms with Crippen molar-refractivity contribution in [2.75, 3.05) is 18.8 Å². The van der Waals surface area contributed by atoms with E-state index in [1.54, 1.807) is 13.0 Å². The summed E-state index contributed by atoms with van der Waals surface area (Å²) < 4.78 is 24.1. The van der Waals surface area contributed by atoms with Crippen molar-refractivity contribution in [3.8, 4) is 6.07 Å². The molecule has 0 aromatic carbocycles. The molecule has 1 unspecified atom stereocenters. The lowest BCUT2D eigenvalue weighted by Gasteiger charge is -2.19. The first-order valence-electron chi connectivity index (χ1n) is 4.46. The van der Waals surface area contributed by atoms with Crippen molar-refractivity contribution in [3.63, 3.8) is 0 Å². The highest BCUT2D eigenvalue weighted by Gasteiger charge is 2.42. The number of carbonyl (C=O) groups is 1. The first-order valence-corrected chi connectivity index (χ1v) is 6.07. The molecule has 0 aromatic heterocycles. The molecule has 0 bridgehead atoms. The van der Waals surface area contributed by atoms with Crippen molar-refractivity contribution in [3.05, 3.63) is 0 Å². The third-order valence-corrected chi connectivity index (χ3v) is 4.27. The summed E-state index contributed by atoms with van der Waals surface area (Å²) in [6.45, 7) is 1.97. The van der Waals surface area contributed by atoms with Gasteiger partial charge in [0.25, 0.3) is 0 Å². The molecule has 1 saturated heterocycles. The molecule has 0 aromatic rings. The molecule has 7 heteroatoms. The fourth-order valence-corrected chi connectivity index (χ4v) is 2.73. The van der Waals surface area contributed by atoms with E-state index < -0.39 is 27.1 Å². The van der Waals surface area contributed by atoms with Crippen LogP contribution in [0.2, 0.25) is 0 Å². The van der Waals surface area contributed by atoms with Crippen LogP contribution in [0.4, 0.5) is 0 Å². The summed E-state index contributed by atoms with van der Waals surface area (Å²) in [5, 5.41) is 8.35. The van der Waals surface area contributed by atoms with Crippen molar-refractivity contribution >= 4 is 15.9 Å². The third kappa shape index (κ3) is 2.27. The summed E-state index contributed by atoms with van der Waals surface area (Å²) in [7, 11) is -3.55. The average Bonchev–Trinajstić information content (AvgIpc) is 2.50. The number of amides is 1. The maximum Gasteiger partial charge on any atom is 0.227 e. The van der Waals surface area contributed by atoms with Gasteiger partial charge in [-0.3, -0.25) is 4.79 Å². The lowest BCUT2D eigenvalue weighted by molar-refractivity contribution is -0.126. The second-order valence-electron chi connectivity index (χ2n) is 3.92. The number of nitrogens with two attached hydrogens (primary N) is 1. The first kappa shape index (κ1) is 11.9. The molecule has 6 nitrogen and oxygen atoms in total. The van der Waals surface area contributed by atoms with Crippen molar-refractivity contribution in [2.24, 2.45) is 11.1 Å². The van der Waals surface area contributed by atoms with E-state index in [1.807, 2.05) is 0 Å². The van der Waals surface area contributed by atoms with Crippen molar-refractivity contribution in [2.45, 2.75) is 13.3 Å². The van der Waals surface area contributed by atoms with E-state index in [4.69, 9.17) is 11.0 Å². The molecule has 1 amide bonds. The molecule has 84 valence electrons. The Morgan fingerprint density at radius 3 is 2.67 bits per heavy atom. The van der Waals surface area contributed by atoms with Gasteiger partial charge in [0, 0.05) is 13.1 Å². The van der Waals surface area contributed by atoms with Gasteiger partial charge in [0.2, 0.25) is 15.9 Å². The van der Waals surface area contributed by atoms with Crippen LogP contribution in [-0.2, 0) is 14.8 Å². The quantitative estimate of drug-likeness (QED) is 0.675. The fourth-order valence-electron chi connectivity index (χ4n) is 1.53. The first-order chi connectivity index (χ1) is 6.82. The highest BCUT2D eigenvalue weighted by molar-refractivity contribution is 7.89. The molecule has 1 atom stereocenters. The van der Waals surface area contributed by atoms with Crippen LogP contribution >= 0.6 is 0 Å². The highest BCUT2D eigenvalue weighted by atomic mass is 32.2. The zero-order valence-electron chi connectivity index (χ0n) is 8.43. The van der Waals surface area contributed by atoms with Crippen LogP contribution in [0, 0.1) is 16.7 Å². The summed E-state index contributed by atoms with van der Waals surface area (Å²) in [5.41, 5.74) is 4.38. The van der Waals surface area contributed by atoms with Crippen LogP contribution in [0.15, 0.2) is 0 Å². The lowest BCUT2D eigenvalue weighted by Crippen LogP contribution is -2.39. The van der Waals surface area contributed by atoms with Gasteiger partial charge >= 0.3 is 0 Å². The summed E-state index contributed by atoms with van der Waals surface area (Å²) in [4.78, 5) is 11.1. The Kier molecular flexibility index (Phi) is 3.02. The normalized spacial score (nSPS) is 27.5. The molecule has 0 radical (unpaired) electrons. The predicted molar refractivity (Wildman–Crippen MR) is 52.9 cm³/mol. The number of hydrogen-bond donors (Lipinski definition) is 1. The van der Waals surface area contributed by atoms with Crippen molar-refractivity contribution < 1.29 is 13.2 Å². The van der Waals surface area contributed by atoms with Crippen LogP contribution in [0.5, 0.6) is 0 Å². The van der Waals surface area contributed by atoms with Crippen LogP contribution in [0.3, 0.4) is 0 Å². The van der Waals surface area contributed by atoms with Crippen molar-refractivity contribution in [1.82, 2.24) is 4.31 Å². The van der Waals surface area contributed by atoms with Gasteiger partial charge in [-0.05, 0) is 13.3 Å². The smallest absolute Gasteiger partial charge is 0.227 e. The van der Waals surface area contributed by atoms with E-state index >= 15 is 0 Å². The number of sulfonamides is 1. The second kappa shape index (κ2) is 3.79. The summed E-state index contributed by atoms with van der Waals surface area (Å²) in [6.07, 6.45) is 0.410. The van der Waals surface area contributed by atoms with Gasteiger partial charge in [-0.15, -0.1) is 0 Å². The van der Waals surface area contributed by atoms with Crippen LogP contribution in [-0.4, -0.2) is 37.5 Å². The minimum atomic E-state index is -3.55. The Labute approximate surface area is 88.7 Å². The van der Waals surface area contributed by atoms with E-state index in [-0.39, 0.29) is 13.1 Å². The number of carbonyl (C=O) groups excluding carboxylic acids is 1. The number of primary amides is 1. The maximum absolute atomic E-state index is 11.5. The molecule has 2 N–H and O–H groups in total. The molecule has 15 heavy (non-hydrogen) atoms. The zero-order valence-corrected chi connectivity index (χ0v) is 9.25. The number of nitriles is 1. The van der Waals surface area contributed by atoms with E-state index in [0.717, 1.165) is 4.31 Å². The molecule has 1 fully saturated rings. The number of hydrogen-bond acceptors (Lipinski definition) is 4. The standard InChI is InChI=1S/C8H13N3O3S/c1-8(7(10)12)2-4-11(6-8)15(13,14)5-3-9/h2,4-6H2,1H3,(H2,10,12). The van der Waals surface area contributed by atoms with Crippen LogP contribution in [0.1, 0.15) is 13.3 Å². The van der Waals surface area contributed by atoms with E-state index in [9.17, 15) is 13.2 Å². The van der Waals surface area contributed by atoms with Gasteiger partial charge < -0.3 is 5.73 Å². The minimum Gasteiger partial charge on any atom is -0.369 e.